The topological polar surface area (TPSA) is 9.23 Å². The van der Waals surface area contributed by atoms with Crippen molar-refractivity contribution < 1.29 is 4.74 Å². The Morgan fingerprint density at radius 3 is 2.44 bits per heavy atom. The van der Waals surface area contributed by atoms with Crippen molar-refractivity contribution in [2.45, 2.75) is 58.7 Å². The molecule has 0 fully saturated rings. The first-order valence-corrected chi connectivity index (χ1v) is 6.52. The lowest BCUT2D eigenvalue weighted by Gasteiger charge is -2.15. The first kappa shape index (κ1) is 13.2. The Labute approximate surface area is 99.8 Å². The van der Waals surface area contributed by atoms with Gasteiger partial charge < -0.3 is 4.74 Å². The zero-order chi connectivity index (χ0) is 11.6. The molecule has 1 atom stereocenters. The van der Waals surface area contributed by atoms with Crippen molar-refractivity contribution >= 4 is 0 Å². The van der Waals surface area contributed by atoms with Crippen molar-refractivity contribution in [3.63, 3.8) is 0 Å². The van der Waals surface area contributed by atoms with E-state index in [9.17, 15) is 0 Å². The van der Waals surface area contributed by atoms with Crippen LogP contribution in [0.5, 0.6) is 0 Å². The van der Waals surface area contributed by atoms with E-state index < -0.39 is 0 Å². The van der Waals surface area contributed by atoms with E-state index >= 15 is 0 Å². The van der Waals surface area contributed by atoms with Gasteiger partial charge in [0.05, 0.1) is 12.7 Å². The Hall–Kier alpha value is -0.820. The van der Waals surface area contributed by atoms with E-state index in [0.29, 0.717) is 6.10 Å². The Balaban J connectivity index is 2.23. The summed E-state index contributed by atoms with van der Waals surface area (Å²) in [5, 5.41) is 0. The van der Waals surface area contributed by atoms with Crippen LogP contribution < -0.4 is 0 Å². The minimum atomic E-state index is 0.437. The summed E-state index contributed by atoms with van der Waals surface area (Å²) < 4.78 is 5.92. The molecule has 90 valence electrons. The molecular formula is C15H24O. The van der Waals surface area contributed by atoms with Crippen LogP contribution in [0.1, 0.15) is 51.5 Å². The standard InChI is InChI=1S/C15H24O/c1-3-5-7-12-15(4-2)16-13-14-10-8-6-9-11-14/h6,8-11,15H,3-5,7,12-13H2,1-2H3. The summed E-state index contributed by atoms with van der Waals surface area (Å²) >= 11 is 0. The van der Waals surface area contributed by atoms with Gasteiger partial charge in [-0.25, -0.2) is 0 Å². The SMILES string of the molecule is CCCCCC(CC)OCc1ccccc1. The van der Waals surface area contributed by atoms with Gasteiger partial charge in [-0.2, -0.15) is 0 Å². The van der Waals surface area contributed by atoms with Gasteiger partial charge in [-0.3, -0.25) is 0 Å². The third kappa shape index (κ3) is 5.32. The largest absolute Gasteiger partial charge is 0.374 e. The quantitative estimate of drug-likeness (QED) is 0.583. The zero-order valence-corrected chi connectivity index (χ0v) is 10.6. The monoisotopic (exact) mass is 220 g/mol. The molecule has 1 rings (SSSR count). The molecule has 0 N–H and O–H groups in total. The number of rotatable bonds is 8. The van der Waals surface area contributed by atoms with Crippen LogP contribution in [0.4, 0.5) is 0 Å². The van der Waals surface area contributed by atoms with Gasteiger partial charge in [0.15, 0.2) is 0 Å². The summed E-state index contributed by atoms with van der Waals surface area (Å²) in [6.07, 6.45) is 6.67. The van der Waals surface area contributed by atoms with E-state index in [1.807, 2.05) is 6.07 Å². The molecule has 0 aliphatic heterocycles. The third-order valence-corrected chi connectivity index (χ3v) is 2.91. The molecule has 0 aliphatic carbocycles. The second kappa shape index (κ2) is 8.35. The van der Waals surface area contributed by atoms with Crippen LogP contribution >= 0.6 is 0 Å². The van der Waals surface area contributed by atoms with E-state index in [1.165, 1.54) is 31.2 Å². The highest BCUT2D eigenvalue weighted by molar-refractivity contribution is 5.13. The summed E-state index contributed by atoms with van der Waals surface area (Å²) in [6.45, 7) is 5.21. The molecule has 0 radical (unpaired) electrons. The van der Waals surface area contributed by atoms with E-state index in [1.54, 1.807) is 0 Å². The van der Waals surface area contributed by atoms with Crippen molar-refractivity contribution in [1.29, 1.82) is 0 Å². The maximum atomic E-state index is 5.92. The molecule has 0 bridgehead atoms. The molecule has 16 heavy (non-hydrogen) atoms. The van der Waals surface area contributed by atoms with E-state index in [4.69, 9.17) is 4.74 Å². The summed E-state index contributed by atoms with van der Waals surface area (Å²) in [7, 11) is 0. The van der Waals surface area contributed by atoms with Crippen LogP contribution in [-0.2, 0) is 11.3 Å². The highest BCUT2D eigenvalue weighted by atomic mass is 16.5. The minimum Gasteiger partial charge on any atom is -0.374 e. The van der Waals surface area contributed by atoms with Crippen molar-refractivity contribution in [3.05, 3.63) is 35.9 Å². The summed E-state index contributed by atoms with van der Waals surface area (Å²) in [5.74, 6) is 0. The zero-order valence-electron chi connectivity index (χ0n) is 10.6. The molecule has 0 amide bonds. The molecule has 1 aromatic carbocycles. The van der Waals surface area contributed by atoms with Crippen LogP contribution in [0, 0.1) is 0 Å². The number of hydrogen-bond acceptors (Lipinski definition) is 1. The Morgan fingerprint density at radius 1 is 1.06 bits per heavy atom. The second-order valence-corrected chi connectivity index (χ2v) is 4.32. The molecule has 1 aromatic rings. The normalized spacial score (nSPS) is 12.6. The summed E-state index contributed by atoms with van der Waals surface area (Å²) in [5.41, 5.74) is 1.27. The second-order valence-electron chi connectivity index (χ2n) is 4.32. The van der Waals surface area contributed by atoms with Gasteiger partial charge in [0.1, 0.15) is 0 Å². The highest BCUT2D eigenvalue weighted by Crippen LogP contribution is 2.12. The van der Waals surface area contributed by atoms with Crippen molar-refractivity contribution in [2.75, 3.05) is 0 Å². The van der Waals surface area contributed by atoms with Crippen LogP contribution in [0.3, 0.4) is 0 Å². The Morgan fingerprint density at radius 2 is 1.81 bits per heavy atom. The molecule has 0 saturated carbocycles. The van der Waals surface area contributed by atoms with Crippen LogP contribution in [0.25, 0.3) is 0 Å². The number of unbranched alkanes of at least 4 members (excludes halogenated alkanes) is 2. The summed E-state index contributed by atoms with van der Waals surface area (Å²) in [4.78, 5) is 0. The predicted octanol–water partition coefficient (Wildman–Crippen LogP) is 4.56. The smallest absolute Gasteiger partial charge is 0.0720 e. The van der Waals surface area contributed by atoms with Gasteiger partial charge in [0.25, 0.3) is 0 Å². The van der Waals surface area contributed by atoms with Gasteiger partial charge in [-0.1, -0.05) is 63.4 Å². The Kier molecular flexibility index (Phi) is 6.91. The molecule has 1 unspecified atom stereocenters. The molecule has 0 saturated heterocycles. The fourth-order valence-electron chi connectivity index (χ4n) is 1.82. The lowest BCUT2D eigenvalue weighted by atomic mass is 10.1. The predicted molar refractivity (Wildman–Crippen MR) is 69.5 cm³/mol. The molecule has 0 spiro atoms. The maximum absolute atomic E-state index is 5.92. The third-order valence-electron chi connectivity index (χ3n) is 2.91. The van der Waals surface area contributed by atoms with Crippen LogP contribution in [-0.4, -0.2) is 6.10 Å². The first-order chi connectivity index (χ1) is 7.86. The summed E-state index contributed by atoms with van der Waals surface area (Å²) in [6, 6.07) is 10.4. The molecule has 0 aliphatic rings. The minimum absolute atomic E-state index is 0.437. The number of hydrogen-bond donors (Lipinski definition) is 0. The van der Waals surface area contributed by atoms with Gasteiger partial charge >= 0.3 is 0 Å². The molecule has 0 aromatic heterocycles. The van der Waals surface area contributed by atoms with Crippen molar-refractivity contribution in [3.8, 4) is 0 Å². The van der Waals surface area contributed by atoms with Crippen molar-refractivity contribution in [2.24, 2.45) is 0 Å². The average molecular weight is 220 g/mol. The molecule has 0 heterocycles. The van der Waals surface area contributed by atoms with Gasteiger partial charge in [0.2, 0.25) is 0 Å². The lowest BCUT2D eigenvalue weighted by molar-refractivity contribution is 0.0310. The molecule has 1 nitrogen and oxygen atoms in total. The van der Waals surface area contributed by atoms with Gasteiger partial charge in [-0.15, -0.1) is 0 Å². The average Bonchev–Trinajstić information content (AvgIpc) is 2.35. The van der Waals surface area contributed by atoms with Gasteiger partial charge in [0, 0.05) is 0 Å². The van der Waals surface area contributed by atoms with Crippen LogP contribution in [0.15, 0.2) is 30.3 Å². The van der Waals surface area contributed by atoms with Crippen LogP contribution in [0.2, 0.25) is 0 Å². The fourth-order valence-corrected chi connectivity index (χ4v) is 1.82. The maximum Gasteiger partial charge on any atom is 0.0720 e. The van der Waals surface area contributed by atoms with E-state index in [0.717, 1.165) is 13.0 Å². The van der Waals surface area contributed by atoms with E-state index in [-0.39, 0.29) is 0 Å². The van der Waals surface area contributed by atoms with Gasteiger partial charge in [-0.05, 0) is 18.4 Å². The van der Waals surface area contributed by atoms with E-state index in [2.05, 4.69) is 38.1 Å². The first-order valence-electron chi connectivity index (χ1n) is 6.52. The molecular weight excluding hydrogens is 196 g/mol. The molecule has 1 heteroatoms. The van der Waals surface area contributed by atoms with Crippen molar-refractivity contribution in [1.82, 2.24) is 0 Å². The lowest BCUT2D eigenvalue weighted by Crippen LogP contribution is -2.11. The number of ether oxygens (including phenoxy) is 1. The fraction of sp³-hybridized carbons (Fsp3) is 0.600. The Bertz CT molecular complexity index is 255. The number of benzene rings is 1. The highest BCUT2D eigenvalue weighted by Gasteiger charge is 2.05.